The van der Waals surface area contributed by atoms with Gasteiger partial charge in [0.15, 0.2) is 6.10 Å². The van der Waals surface area contributed by atoms with Gasteiger partial charge < -0.3 is 44.4 Å². The van der Waals surface area contributed by atoms with Gasteiger partial charge >= 0.3 is 12.1 Å². The second-order valence-electron chi connectivity index (χ2n) is 13.9. The van der Waals surface area contributed by atoms with Crippen LogP contribution in [0.3, 0.4) is 0 Å². The summed E-state index contributed by atoms with van der Waals surface area (Å²) in [5.74, 6) is -0.941. The first-order valence-corrected chi connectivity index (χ1v) is 16.9. The number of cyclic esters (lactones) is 1. The van der Waals surface area contributed by atoms with Crippen molar-refractivity contribution in [3.63, 3.8) is 0 Å². The Labute approximate surface area is 274 Å². The van der Waals surface area contributed by atoms with Gasteiger partial charge in [0.1, 0.15) is 11.7 Å². The van der Waals surface area contributed by atoms with E-state index in [4.69, 9.17) is 14.2 Å². The third-order valence-corrected chi connectivity index (χ3v) is 9.67. The normalized spacial score (nSPS) is 35.3. The highest BCUT2D eigenvalue weighted by Crippen LogP contribution is 2.37. The number of nitrogens with zero attached hydrogens (tertiary/aromatic N) is 2. The summed E-state index contributed by atoms with van der Waals surface area (Å²) in [5, 5.41) is 43.1. The van der Waals surface area contributed by atoms with Crippen molar-refractivity contribution in [1.82, 2.24) is 9.80 Å². The van der Waals surface area contributed by atoms with Crippen LogP contribution >= 0.6 is 0 Å². The van der Waals surface area contributed by atoms with Gasteiger partial charge in [-0.2, -0.15) is 0 Å². The number of aliphatic hydroxyl groups excluding tert-OH is 2. The van der Waals surface area contributed by atoms with Gasteiger partial charge in [0.05, 0.1) is 36.4 Å². The number of amides is 1. The van der Waals surface area contributed by atoms with E-state index in [0.717, 1.165) is 19.6 Å². The van der Waals surface area contributed by atoms with Crippen LogP contribution in [0.15, 0.2) is 36.0 Å². The van der Waals surface area contributed by atoms with Crippen molar-refractivity contribution in [1.29, 1.82) is 0 Å². The lowest BCUT2D eigenvalue weighted by atomic mass is 9.88. The Hall–Kier alpha value is -2.28. The van der Waals surface area contributed by atoms with Crippen LogP contribution in [-0.4, -0.2) is 123 Å². The topological polar surface area (TPSA) is 153 Å². The van der Waals surface area contributed by atoms with E-state index in [1.807, 2.05) is 27.7 Å². The first-order valence-electron chi connectivity index (χ1n) is 16.9. The summed E-state index contributed by atoms with van der Waals surface area (Å²) in [6.07, 6.45) is 5.74. The van der Waals surface area contributed by atoms with Crippen LogP contribution in [0.2, 0.25) is 0 Å². The molecule has 0 aromatic carbocycles. The molecule has 10 atom stereocenters. The van der Waals surface area contributed by atoms with Crippen LogP contribution < -0.4 is 0 Å². The lowest BCUT2D eigenvalue weighted by Crippen LogP contribution is -2.51. The van der Waals surface area contributed by atoms with Crippen LogP contribution in [0.5, 0.6) is 0 Å². The van der Waals surface area contributed by atoms with Gasteiger partial charge in [0.2, 0.25) is 0 Å². The Morgan fingerprint density at radius 2 is 1.91 bits per heavy atom. The number of rotatable bonds is 10. The standard InChI is InChI=1S/C35H58N2O9/c1-8-27(39)25(5)32-28(44-32)22-34(6,42)15-10-11-23(3)31-24(4)12-13-29(35(7,43)16-14-26(38)21-30(40)46-31)45-33(41)37-19-17-36(9-2)18-20-37/h10-13,15,24-29,31-32,38-39,42-43H,8-9,14,16-22H2,1-7H3/b13-12-,15-10+,23-11+. The molecule has 3 aliphatic rings. The van der Waals surface area contributed by atoms with Gasteiger partial charge in [-0.15, -0.1) is 0 Å². The number of aliphatic hydroxyl groups is 4. The molecule has 2 saturated heterocycles. The Kier molecular flexibility index (Phi) is 13.9. The number of allylic oxidation sites excluding steroid dienone is 2. The fourth-order valence-electron chi connectivity index (χ4n) is 6.23. The fourth-order valence-corrected chi connectivity index (χ4v) is 6.23. The number of esters is 1. The maximum absolute atomic E-state index is 13.1. The van der Waals surface area contributed by atoms with Crippen LogP contribution in [-0.2, 0) is 19.0 Å². The van der Waals surface area contributed by atoms with E-state index in [1.54, 1.807) is 49.1 Å². The molecular formula is C35H58N2O9. The van der Waals surface area contributed by atoms with E-state index >= 15 is 0 Å². The van der Waals surface area contributed by atoms with Crippen LogP contribution in [0.1, 0.15) is 80.6 Å². The van der Waals surface area contributed by atoms with Crippen molar-refractivity contribution in [3.8, 4) is 0 Å². The summed E-state index contributed by atoms with van der Waals surface area (Å²) in [7, 11) is 0. The molecule has 4 N–H and O–H groups in total. The summed E-state index contributed by atoms with van der Waals surface area (Å²) in [4.78, 5) is 29.8. The molecule has 0 spiro atoms. The molecule has 0 bridgehead atoms. The largest absolute Gasteiger partial charge is 0.457 e. The first-order chi connectivity index (χ1) is 21.6. The molecule has 11 heteroatoms. The second-order valence-corrected chi connectivity index (χ2v) is 13.9. The molecule has 11 nitrogen and oxygen atoms in total. The average Bonchev–Trinajstić information content (AvgIpc) is 3.77. The number of piperazine rings is 1. The van der Waals surface area contributed by atoms with Crippen molar-refractivity contribution >= 4 is 12.1 Å². The molecule has 10 unspecified atom stereocenters. The number of carbonyl (C=O) groups excluding carboxylic acids is 2. The maximum atomic E-state index is 13.1. The average molecular weight is 651 g/mol. The predicted octanol–water partition coefficient (Wildman–Crippen LogP) is 3.35. The number of carbonyl (C=O) groups is 2. The predicted molar refractivity (Wildman–Crippen MR) is 175 cm³/mol. The number of hydrogen-bond acceptors (Lipinski definition) is 10. The fraction of sp³-hybridized carbons (Fsp3) is 0.771. The molecule has 3 rings (SSSR count). The van der Waals surface area contributed by atoms with E-state index in [1.165, 1.54) is 0 Å². The third-order valence-electron chi connectivity index (χ3n) is 9.67. The quantitative estimate of drug-likeness (QED) is 0.120. The van der Waals surface area contributed by atoms with Gasteiger partial charge in [-0.05, 0) is 58.2 Å². The van der Waals surface area contributed by atoms with Gasteiger partial charge in [-0.3, -0.25) is 4.79 Å². The lowest BCUT2D eigenvalue weighted by molar-refractivity contribution is -0.151. The highest BCUT2D eigenvalue weighted by Gasteiger charge is 2.47. The number of likely N-dealkylation sites (N-methyl/N-ethyl adjacent to an activating group) is 1. The zero-order valence-corrected chi connectivity index (χ0v) is 28.8. The van der Waals surface area contributed by atoms with Crippen molar-refractivity contribution in [2.24, 2.45) is 11.8 Å². The van der Waals surface area contributed by atoms with Gasteiger partial charge in [-0.1, -0.05) is 52.0 Å². The summed E-state index contributed by atoms with van der Waals surface area (Å²) < 4.78 is 17.4. The smallest absolute Gasteiger partial charge is 0.410 e. The molecule has 0 aromatic rings. The van der Waals surface area contributed by atoms with E-state index in [-0.39, 0.29) is 43.3 Å². The van der Waals surface area contributed by atoms with E-state index < -0.39 is 47.7 Å². The molecule has 0 aliphatic carbocycles. The number of epoxide rings is 1. The highest BCUT2D eigenvalue weighted by molar-refractivity contribution is 5.70. The van der Waals surface area contributed by atoms with Gasteiger partial charge in [0, 0.05) is 44.4 Å². The highest BCUT2D eigenvalue weighted by atomic mass is 16.6. The lowest BCUT2D eigenvalue weighted by Gasteiger charge is -2.37. The summed E-state index contributed by atoms with van der Waals surface area (Å²) in [6, 6.07) is 0. The minimum absolute atomic E-state index is 0.0101. The van der Waals surface area contributed by atoms with E-state index in [0.29, 0.717) is 31.5 Å². The minimum Gasteiger partial charge on any atom is -0.457 e. The maximum Gasteiger partial charge on any atom is 0.410 e. The van der Waals surface area contributed by atoms with Gasteiger partial charge in [-0.25, -0.2) is 4.79 Å². The molecular weight excluding hydrogens is 592 g/mol. The number of ether oxygens (including phenoxy) is 3. The van der Waals surface area contributed by atoms with Crippen LogP contribution in [0.4, 0.5) is 4.79 Å². The molecule has 0 aromatic heterocycles. The monoisotopic (exact) mass is 650 g/mol. The molecule has 3 heterocycles. The van der Waals surface area contributed by atoms with Crippen molar-refractivity contribution < 1.29 is 44.2 Å². The zero-order chi connectivity index (χ0) is 34.2. The van der Waals surface area contributed by atoms with Crippen LogP contribution in [0, 0.1) is 11.8 Å². The third kappa shape index (κ3) is 11.2. The zero-order valence-electron chi connectivity index (χ0n) is 28.8. The van der Waals surface area contributed by atoms with E-state index in [9.17, 15) is 30.0 Å². The Morgan fingerprint density at radius 1 is 1.24 bits per heavy atom. The van der Waals surface area contributed by atoms with E-state index in [2.05, 4.69) is 11.8 Å². The van der Waals surface area contributed by atoms with Gasteiger partial charge in [0.25, 0.3) is 0 Å². The van der Waals surface area contributed by atoms with Crippen LogP contribution in [0.25, 0.3) is 0 Å². The van der Waals surface area contributed by atoms with Crippen molar-refractivity contribution in [2.45, 2.75) is 128 Å². The van der Waals surface area contributed by atoms with Crippen molar-refractivity contribution in [3.05, 3.63) is 36.0 Å². The molecule has 1 amide bonds. The first kappa shape index (κ1) is 38.2. The summed E-state index contributed by atoms with van der Waals surface area (Å²) in [5.41, 5.74) is -1.93. The molecule has 46 heavy (non-hydrogen) atoms. The number of hydrogen-bond donors (Lipinski definition) is 4. The Bertz CT molecular complexity index is 1100. The molecule has 0 saturated carbocycles. The summed E-state index contributed by atoms with van der Waals surface area (Å²) >= 11 is 0. The summed E-state index contributed by atoms with van der Waals surface area (Å²) in [6.45, 7) is 16.4. The Balaban J connectivity index is 1.74. The molecule has 2 fully saturated rings. The molecule has 0 radical (unpaired) electrons. The molecule has 3 aliphatic heterocycles. The SMILES string of the molecule is CCC(O)C(C)C1OC1CC(C)(O)/C=C/C=C(\C)C1OC(=O)CC(O)CCC(C)(O)C(OC(=O)N2CCN(CC)CC2)/C=C\C1C. The second kappa shape index (κ2) is 16.7. The van der Waals surface area contributed by atoms with Crippen molar-refractivity contribution in [2.75, 3.05) is 32.7 Å². The minimum atomic E-state index is -1.48. The molecule has 262 valence electrons. The Morgan fingerprint density at radius 3 is 2.54 bits per heavy atom.